The van der Waals surface area contributed by atoms with E-state index in [1.807, 2.05) is 7.05 Å². The van der Waals surface area contributed by atoms with Gasteiger partial charge in [-0.1, -0.05) is 0 Å². The second kappa shape index (κ2) is 4.32. The lowest BCUT2D eigenvalue weighted by molar-refractivity contribution is 0.194. The van der Waals surface area contributed by atoms with Gasteiger partial charge in [-0.05, 0) is 19.1 Å². The van der Waals surface area contributed by atoms with Gasteiger partial charge >= 0.3 is 0 Å². The van der Waals surface area contributed by atoms with E-state index in [9.17, 15) is 5.11 Å². The average molecular weight is 219 g/mol. The Labute approximate surface area is 93.3 Å². The van der Waals surface area contributed by atoms with E-state index >= 15 is 0 Å². The van der Waals surface area contributed by atoms with Crippen molar-refractivity contribution in [3.05, 3.63) is 36.4 Å². The van der Waals surface area contributed by atoms with Crippen LogP contribution in [0.3, 0.4) is 0 Å². The predicted octanol–water partition coefficient (Wildman–Crippen LogP) is 1.66. The van der Waals surface area contributed by atoms with Crippen LogP contribution in [0.2, 0.25) is 0 Å². The van der Waals surface area contributed by atoms with Gasteiger partial charge in [-0.15, -0.1) is 0 Å². The summed E-state index contributed by atoms with van der Waals surface area (Å²) in [6.07, 6.45) is 4.41. The zero-order valence-electron chi connectivity index (χ0n) is 9.16. The summed E-state index contributed by atoms with van der Waals surface area (Å²) < 4.78 is 7.17. The zero-order chi connectivity index (χ0) is 11.5. The number of hydrogen-bond donors (Lipinski definition) is 1. The van der Waals surface area contributed by atoms with Crippen molar-refractivity contribution in [3.8, 4) is 11.5 Å². The molecule has 84 valence electrons. The van der Waals surface area contributed by atoms with Gasteiger partial charge in [-0.2, -0.15) is 5.10 Å². The van der Waals surface area contributed by atoms with E-state index in [2.05, 4.69) is 10.1 Å². The molecule has 0 aliphatic rings. The first-order chi connectivity index (χ1) is 7.65. The van der Waals surface area contributed by atoms with E-state index in [1.54, 1.807) is 42.3 Å². The molecule has 0 fully saturated rings. The van der Waals surface area contributed by atoms with Gasteiger partial charge in [-0.3, -0.25) is 9.67 Å². The molecule has 0 aliphatic carbocycles. The number of aromatic nitrogens is 3. The van der Waals surface area contributed by atoms with Gasteiger partial charge in [-0.25, -0.2) is 0 Å². The Morgan fingerprint density at radius 3 is 2.62 bits per heavy atom. The van der Waals surface area contributed by atoms with Crippen LogP contribution in [0.25, 0.3) is 0 Å². The molecule has 0 aromatic carbocycles. The molecule has 0 spiro atoms. The smallest absolute Gasteiger partial charge is 0.165 e. The molecule has 0 saturated carbocycles. The molecule has 0 bridgehead atoms. The fourth-order valence-corrected chi connectivity index (χ4v) is 1.29. The number of ether oxygens (including phenoxy) is 1. The molecule has 2 rings (SSSR count). The third-order valence-corrected chi connectivity index (χ3v) is 2.10. The summed E-state index contributed by atoms with van der Waals surface area (Å²) in [6, 6.07) is 3.50. The molecule has 1 N–H and O–H groups in total. The zero-order valence-corrected chi connectivity index (χ0v) is 9.16. The third kappa shape index (κ3) is 2.38. The molecule has 2 aromatic rings. The van der Waals surface area contributed by atoms with Gasteiger partial charge in [0.1, 0.15) is 5.75 Å². The maximum Gasteiger partial charge on any atom is 0.165 e. The highest BCUT2D eigenvalue weighted by Crippen LogP contribution is 2.20. The summed E-state index contributed by atoms with van der Waals surface area (Å²) >= 11 is 0. The number of hydrogen-bond acceptors (Lipinski definition) is 4. The van der Waals surface area contributed by atoms with Gasteiger partial charge in [0.25, 0.3) is 0 Å². The van der Waals surface area contributed by atoms with Crippen LogP contribution in [0.1, 0.15) is 18.7 Å². The highest BCUT2D eigenvalue weighted by Gasteiger charge is 2.03. The minimum atomic E-state index is -0.563. The fourth-order valence-electron chi connectivity index (χ4n) is 1.29. The number of aliphatic hydroxyl groups is 1. The van der Waals surface area contributed by atoms with Crippen LogP contribution < -0.4 is 4.74 Å². The maximum atomic E-state index is 9.29. The lowest BCUT2D eigenvalue weighted by atomic mass is 10.2. The van der Waals surface area contributed by atoms with Crippen molar-refractivity contribution in [2.75, 3.05) is 0 Å². The summed E-state index contributed by atoms with van der Waals surface area (Å²) in [4.78, 5) is 4.08. The molecular weight excluding hydrogens is 206 g/mol. The molecular formula is C11H13N3O2. The summed E-state index contributed by atoms with van der Waals surface area (Å²) in [6.45, 7) is 1.67. The van der Waals surface area contributed by atoms with Crippen molar-refractivity contribution in [1.29, 1.82) is 0 Å². The summed E-state index contributed by atoms with van der Waals surface area (Å²) in [7, 11) is 1.82. The van der Waals surface area contributed by atoms with Crippen LogP contribution in [0, 0.1) is 0 Å². The molecule has 2 aromatic heterocycles. The Hall–Kier alpha value is -1.88. The van der Waals surface area contributed by atoms with Gasteiger partial charge in [0.15, 0.2) is 5.75 Å². The van der Waals surface area contributed by atoms with Crippen LogP contribution in [-0.2, 0) is 7.05 Å². The Balaban J connectivity index is 2.11. The Morgan fingerprint density at radius 1 is 1.31 bits per heavy atom. The summed E-state index contributed by atoms with van der Waals surface area (Å²) in [5.74, 6) is 1.28. The Kier molecular flexibility index (Phi) is 2.87. The van der Waals surface area contributed by atoms with Gasteiger partial charge in [0.2, 0.25) is 0 Å². The van der Waals surface area contributed by atoms with E-state index < -0.39 is 6.10 Å². The monoisotopic (exact) mass is 219 g/mol. The summed E-state index contributed by atoms with van der Waals surface area (Å²) in [5.41, 5.74) is 0.624. The highest BCUT2D eigenvalue weighted by atomic mass is 16.5. The maximum absolute atomic E-state index is 9.29. The third-order valence-electron chi connectivity index (χ3n) is 2.10. The Morgan fingerprint density at radius 2 is 2.12 bits per heavy atom. The number of aliphatic hydroxyl groups excluding tert-OH is 1. The second-order valence-electron chi connectivity index (χ2n) is 3.55. The van der Waals surface area contributed by atoms with Crippen molar-refractivity contribution in [2.45, 2.75) is 13.0 Å². The standard InChI is InChI=1S/C11H13N3O2/c1-8(15)11-4-3-9(5-12-11)16-10-6-13-14(2)7-10/h3-8,15H,1-2H3/t8-/m0/s1. The van der Waals surface area contributed by atoms with Crippen LogP contribution in [-0.4, -0.2) is 19.9 Å². The number of rotatable bonds is 3. The van der Waals surface area contributed by atoms with E-state index in [-0.39, 0.29) is 0 Å². The van der Waals surface area contributed by atoms with Crippen LogP contribution in [0.4, 0.5) is 0 Å². The van der Waals surface area contributed by atoms with E-state index in [4.69, 9.17) is 4.74 Å². The van der Waals surface area contributed by atoms with Crippen LogP contribution in [0.5, 0.6) is 11.5 Å². The topological polar surface area (TPSA) is 60.2 Å². The largest absolute Gasteiger partial charge is 0.452 e. The molecule has 0 aliphatic heterocycles. The molecule has 16 heavy (non-hydrogen) atoms. The minimum absolute atomic E-state index is 0.563. The van der Waals surface area contributed by atoms with Crippen molar-refractivity contribution in [2.24, 2.45) is 7.05 Å². The van der Waals surface area contributed by atoms with Crippen LogP contribution in [0.15, 0.2) is 30.7 Å². The first-order valence-electron chi connectivity index (χ1n) is 4.95. The highest BCUT2D eigenvalue weighted by molar-refractivity contribution is 5.26. The van der Waals surface area contributed by atoms with E-state index in [0.717, 1.165) is 0 Å². The molecule has 0 amide bonds. The number of nitrogens with zero attached hydrogens (tertiary/aromatic N) is 3. The fraction of sp³-hybridized carbons (Fsp3) is 0.273. The molecule has 0 radical (unpaired) electrons. The number of aryl methyl sites for hydroxylation is 1. The van der Waals surface area contributed by atoms with Crippen LogP contribution >= 0.6 is 0 Å². The lowest BCUT2D eigenvalue weighted by Crippen LogP contribution is -1.94. The van der Waals surface area contributed by atoms with E-state index in [0.29, 0.717) is 17.2 Å². The predicted molar refractivity (Wildman–Crippen MR) is 58.2 cm³/mol. The molecule has 5 heteroatoms. The quantitative estimate of drug-likeness (QED) is 0.852. The Bertz CT molecular complexity index is 462. The minimum Gasteiger partial charge on any atom is -0.452 e. The number of pyridine rings is 1. The van der Waals surface area contributed by atoms with Gasteiger partial charge in [0.05, 0.1) is 30.4 Å². The van der Waals surface area contributed by atoms with Crippen molar-refractivity contribution in [3.63, 3.8) is 0 Å². The van der Waals surface area contributed by atoms with Crippen molar-refractivity contribution < 1.29 is 9.84 Å². The van der Waals surface area contributed by atoms with Gasteiger partial charge < -0.3 is 9.84 Å². The van der Waals surface area contributed by atoms with E-state index in [1.165, 1.54) is 0 Å². The molecule has 5 nitrogen and oxygen atoms in total. The first-order valence-corrected chi connectivity index (χ1v) is 4.95. The lowest BCUT2D eigenvalue weighted by Gasteiger charge is -2.05. The second-order valence-corrected chi connectivity index (χ2v) is 3.55. The van der Waals surface area contributed by atoms with Gasteiger partial charge in [0, 0.05) is 7.05 Å². The first kappa shape index (κ1) is 10.6. The van der Waals surface area contributed by atoms with Crippen molar-refractivity contribution in [1.82, 2.24) is 14.8 Å². The molecule has 0 unspecified atom stereocenters. The molecule has 0 saturated heterocycles. The SMILES string of the molecule is C[C@H](O)c1ccc(Oc2cnn(C)c2)cn1. The normalized spacial score (nSPS) is 12.4. The molecule has 1 atom stereocenters. The summed E-state index contributed by atoms with van der Waals surface area (Å²) in [5, 5.41) is 13.3. The van der Waals surface area contributed by atoms with Crippen molar-refractivity contribution >= 4 is 0 Å². The molecule has 2 heterocycles. The average Bonchev–Trinajstić information content (AvgIpc) is 2.65.